The third-order valence-corrected chi connectivity index (χ3v) is 3.27. The highest BCUT2D eigenvalue weighted by Gasteiger charge is 2.13. The standard InChI is InChI=1S/C14H17ClN4/c1-2-5-17-14(12-4-7-18-19-9-12)8-11-3-6-16-10-13(11)15/h3-4,6-7,9-10,14,17H,2,5,8H2,1H3. The van der Waals surface area contributed by atoms with Crippen molar-refractivity contribution in [2.24, 2.45) is 0 Å². The Kier molecular flexibility index (Phi) is 5.24. The minimum absolute atomic E-state index is 0.190. The first kappa shape index (κ1) is 13.9. The van der Waals surface area contributed by atoms with Crippen LogP contribution in [-0.4, -0.2) is 21.7 Å². The number of aromatic nitrogens is 3. The lowest BCUT2D eigenvalue weighted by Crippen LogP contribution is -2.24. The molecule has 5 heteroatoms. The molecule has 0 saturated carbocycles. The number of halogens is 1. The molecule has 2 heterocycles. The molecule has 0 bridgehead atoms. The Labute approximate surface area is 118 Å². The van der Waals surface area contributed by atoms with Crippen LogP contribution < -0.4 is 5.32 Å². The Morgan fingerprint density at radius 1 is 1.21 bits per heavy atom. The molecule has 0 spiro atoms. The van der Waals surface area contributed by atoms with Gasteiger partial charge in [-0.3, -0.25) is 4.98 Å². The largest absolute Gasteiger partial charge is 0.310 e. The molecule has 0 fully saturated rings. The Balaban J connectivity index is 2.17. The number of hydrogen-bond donors (Lipinski definition) is 1. The van der Waals surface area contributed by atoms with Crippen molar-refractivity contribution in [2.45, 2.75) is 25.8 Å². The molecular weight excluding hydrogens is 260 g/mol. The van der Waals surface area contributed by atoms with Gasteiger partial charge >= 0.3 is 0 Å². The molecule has 0 aliphatic heterocycles. The highest BCUT2D eigenvalue weighted by molar-refractivity contribution is 6.31. The molecule has 0 aliphatic rings. The summed E-state index contributed by atoms with van der Waals surface area (Å²) in [6.45, 7) is 3.10. The number of nitrogens with one attached hydrogen (secondary N) is 1. The van der Waals surface area contributed by atoms with E-state index in [0.29, 0.717) is 5.02 Å². The van der Waals surface area contributed by atoms with E-state index in [1.807, 2.05) is 12.1 Å². The minimum Gasteiger partial charge on any atom is -0.310 e. The van der Waals surface area contributed by atoms with E-state index < -0.39 is 0 Å². The van der Waals surface area contributed by atoms with Crippen molar-refractivity contribution in [3.8, 4) is 0 Å². The van der Waals surface area contributed by atoms with Gasteiger partial charge < -0.3 is 5.32 Å². The van der Waals surface area contributed by atoms with E-state index in [0.717, 1.165) is 30.5 Å². The van der Waals surface area contributed by atoms with Crippen molar-refractivity contribution < 1.29 is 0 Å². The Morgan fingerprint density at radius 3 is 2.79 bits per heavy atom. The van der Waals surface area contributed by atoms with Crippen LogP contribution in [0.5, 0.6) is 0 Å². The maximum Gasteiger partial charge on any atom is 0.0622 e. The zero-order valence-corrected chi connectivity index (χ0v) is 11.6. The van der Waals surface area contributed by atoms with Gasteiger partial charge in [-0.2, -0.15) is 10.2 Å². The van der Waals surface area contributed by atoms with E-state index in [-0.39, 0.29) is 6.04 Å². The topological polar surface area (TPSA) is 50.7 Å². The second-order valence-corrected chi connectivity index (χ2v) is 4.76. The molecule has 2 aromatic heterocycles. The average Bonchev–Trinajstić information content (AvgIpc) is 2.46. The number of pyridine rings is 1. The van der Waals surface area contributed by atoms with Gasteiger partial charge in [0.15, 0.2) is 0 Å². The van der Waals surface area contributed by atoms with Crippen LogP contribution in [0.3, 0.4) is 0 Å². The summed E-state index contributed by atoms with van der Waals surface area (Å²) in [7, 11) is 0. The van der Waals surface area contributed by atoms with Crippen molar-refractivity contribution in [1.29, 1.82) is 0 Å². The van der Waals surface area contributed by atoms with Crippen LogP contribution in [0.2, 0.25) is 5.02 Å². The van der Waals surface area contributed by atoms with Crippen LogP contribution in [0.1, 0.15) is 30.5 Å². The van der Waals surface area contributed by atoms with Gasteiger partial charge in [-0.05, 0) is 42.6 Å². The second kappa shape index (κ2) is 7.16. The lowest BCUT2D eigenvalue weighted by molar-refractivity contribution is 0.526. The van der Waals surface area contributed by atoms with Gasteiger partial charge in [-0.25, -0.2) is 0 Å². The second-order valence-electron chi connectivity index (χ2n) is 4.35. The van der Waals surface area contributed by atoms with Crippen LogP contribution in [-0.2, 0) is 6.42 Å². The van der Waals surface area contributed by atoms with Gasteiger partial charge in [0, 0.05) is 24.6 Å². The van der Waals surface area contributed by atoms with Crippen molar-refractivity contribution in [2.75, 3.05) is 6.54 Å². The normalized spacial score (nSPS) is 12.3. The first-order valence-electron chi connectivity index (χ1n) is 6.39. The molecule has 1 N–H and O–H groups in total. The molecular formula is C14H17ClN4. The Hall–Kier alpha value is -1.52. The molecule has 2 rings (SSSR count). The molecule has 0 amide bonds. The van der Waals surface area contributed by atoms with E-state index in [1.165, 1.54) is 0 Å². The fourth-order valence-corrected chi connectivity index (χ4v) is 2.12. The molecule has 100 valence electrons. The van der Waals surface area contributed by atoms with Crippen molar-refractivity contribution in [3.63, 3.8) is 0 Å². The predicted molar refractivity (Wildman–Crippen MR) is 76.0 cm³/mol. The first-order valence-corrected chi connectivity index (χ1v) is 6.77. The van der Waals surface area contributed by atoms with E-state index in [9.17, 15) is 0 Å². The lowest BCUT2D eigenvalue weighted by atomic mass is 10.0. The maximum atomic E-state index is 6.17. The lowest BCUT2D eigenvalue weighted by Gasteiger charge is -2.19. The first-order chi connectivity index (χ1) is 9.31. The van der Waals surface area contributed by atoms with Gasteiger partial charge in [-0.15, -0.1) is 0 Å². The van der Waals surface area contributed by atoms with Crippen LogP contribution in [0.4, 0.5) is 0 Å². The highest BCUT2D eigenvalue weighted by atomic mass is 35.5. The van der Waals surface area contributed by atoms with Gasteiger partial charge in [0.25, 0.3) is 0 Å². The summed E-state index contributed by atoms with van der Waals surface area (Å²) in [5.74, 6) is 0. The smallest absolute Gasteiger partial charge is 0.0622 e. The van der Waals surface area contributed by atoms with Gasteiger partial charge in [0.1, 0.15) is 0 Å². The number of rotatable bonds is 6. The highest BCUT2D eigenvalue weighted by Crippen LogP contribution is 2.22. The number of nitrogens with zero attached hydrogens (tertiary/aromatic N) is 3. The van der Waals surface area contributed by atoms with Crippen molar-refractivity contribution in [3.05, 3.63) is 53.1 Å². The molecule has 0 saturated heterocycles. The monoisotopic (exact) mass is 276 g/mol. The van der Waals surface area contributed by atoms with E-state index in [2.05, 4.69) is 27.4 Å². The summed E-state index contributed by atoms with van der Waals surface area (Å²) in [5, 5.41) is 12.0. The summed E-state index contributed by atoms with van der Waals surface area (Å²) in [6, 6.07) is 4.13. The zero-order chi connectivity index (χ0) is 13.5. The zero-order valence-electron chi connectivity index (χ0n) is 10.9. The van der Waals surface area contributed by atoms with E-state index in [1.54, 1.807) is 24.8 Å². The quantitative estimate of drug-likeness (QED) is 0.881. The van der Waals surface area contributed by atoms with E-state index in [4.69, 9.17) is 11.6 Å². The third kappa shape index (κ3) is 3.98. The van der Waals surface area contributed by atoms with Crippen LogP contribution in [0.25, 0.3) is 0 Å². The Bertz CT molecular complexity index is 504. The van der Waals surface area contributed by atoms with Crippen LogP contribution in [0.15, 0.2) is 36.9 Å². The summed E-state index contributed by atoms with van der Waals surface area (Å²) >= 11 is 6.17. The minimum atomic E-state index is 0.190. The SMILES string of the molecule is CCCNC(Cc1ccncc1Cl)c1ccnnc1. The summed E-state index contributed by atoms with van der Waals surface area (Å²) in [5.41, 5.74) is 2.21. The molecule has 0 aliphatic carbocycles. The molecule has 0 radical (unpaired) electrons. The summed E-state index contributed by atoms with van der Waals surface area (Å²) < 4.78 is 0. The van der Waals surface area contributed by atoms with Crippen molar-refractivity contribution >= 4 is 11.6 Å². The molecule has 19 heavy (non-hydrogen) atoms. The molecule has 4 nitrogen and oxygen atoms in total. The molecule has 2 aromatic rings. The molecule has 1 atom stereocenters. The predicted octanol–water partition coefficient (Wildman–Crippen LogP) is 2.81. The molecule has 0 aromatic carbocycles. The fourth-order valence-electron chi connectivity index (χ4n) is 1.92. The van der Waals surface area contributed by atoms with Crippen LogP contribution >= 0.6 is 11.6 Å². The van der Waals surface area contributed by atoms with Crippen LogP contribution in [0, 0.1) is 0 Å². The van der Waals surface area contributed by atoms with Crippen molar-refractivity contribution in [1.82, 2.24) is 20.5 Å². The Morgan fingerprint density at radius 2 is 2.11 bits per heavy atom. The van der Waals surface area contributed by atoms with Gasteiger partial charge in [-0.1, -0.05) is 18.5 Å². The fraction of sp³-hybridized carbons (Fsp3) is 0.357. The average molecular weight is 277 g/mol. The van der Waals surface area contributed by atoms with Gasteiger partial charge in [0.2, 0.25) is 0 Å². The van der Waals surface area contributed by atoms with Gasteiger partial charge in [0.05, 0.1) is 11.2 Å². The summed E-state index contributed by atoms with van der Waals surface area (Å²) in [4.78, 5) is 4.01. The number of hydrogen-bond acceptors (Lipinski definition) is 4. The molecule has 1 unspecified atom stereocenters. The summed E-state index contributed by atoms with van der Waals surface area (Å²) in [6.07, 6.45) is 8.85. The van der Waals surface area contributed by atoms with E-state index >= 15 is 0 Å². The third-order valence-electron chi connectivity index (χ3n) is 2.93. The maximum absolute atomic E-state index is 6.17.